The summed E-state index contributed by atoms with van der Waals surface area (Å²) in [6.45, 7) is 0. The van der Waals surface area contributed by atoms with E-state index in [2.05, 4.69) is 182 Å². The van der Waals surface area contributed by atoms with Crippen molar-refractivity contribution in [3.05, 3.63) is 182 Å². The maximum Gasteiger partial charge on any atom is -0.000741 e. The second-order valence-corrected chi connectivity index (χ2v) is 12.8. The van der Waals surface area contributed by atoms with Gasteiger partial charge in [-0.1, -0.05) is 164 Å². The number of fused-ring (bicyclic) bond motifs is 6. The van der Waals surface area contributed by atoms with Gasteiger partial charge in [-0.3, -0.25) is 0 Å². The highest BCUT2D eigenvalue weighted by Gasteiger charge is 2.30. The van der Waals surface area contributed by atoms with Crippen LogP contribution in [0.5, 0.6) is 0 Å². The van der Waals surface area contributed by atoms with Gasteiger partial charge in [-0.15, -0.1) is 0 Å². The minimum absolute atomic E-state index is 1.21. The van der Waals surface area contributed by atoms with Crippen LogP contribution in [0.25, 0.3) is 99.1 Å². The van der Waals surface area contributed by atoms with Crippen molar-refractivity contribution < 1.29 is 0 Å². The topological polar surface area (TPSA) is 0 Å². The van der Waals surface area contributed by atoms with Crippen LogP contribution in [0.1, 0.15) is 0 Å². The molecule has 0 nitrogen and oxygen atoms in total. The Balaban J connectivity index is 1.28. The van der Waals surface area contributed by atoms with Gasteiger partial charge < -0.3 is 0 Å². The van der Waals surface area contributed by atoms with Gasteiger partial charge in [-0.05, 0) is 117 Å². The van der Waals surface area contributed by atoms with E-state index in [0.717, 1.165) is 0 Å². The van der Waals surface area contributed by atoms with Gasteiger partial charge >= 0.3 is 0 Å². The largest absolute Gasteiger partial charge is 0.0622 e. The number of benzene rings is 9. The molecule has 0 fully saturated rings. The first-order valence-electron chi connectivity index (χ1n) is 16.7. The molecule has 0 heteroatoms. The fourth-order valence-corrected chi connectivity index (χ4v) is 7.99. The van der Waals surface area contributed by atoms with Gasteiger partial charge in [-0.2, -0.15) is 0 Å². The molecular formula is C48H30. The number of hydrogen-bond donors (Lipinski definition) is 0. The molecule has 0 heterocycles. The quantitative estimate of drug-likeness (QED) is 0.175. The number of hydrogen-bond acceptors (Lipinski definition) is 0. The van der Waals surface area contributed by atoms with E-state index in [1.807, 2.05) is 0 Å². The molecule has 9 aromatic carbocycles. The highest BCUT2D eigenvalue weighted by molar-refractivity contribution is 6.27. The molecule has 0 saturated heterocycles. The van der Waals surface area contributed by atoms with Gasteiger partial charge in [0, 0.05) is 0 Å². The van der Waals surface area contributed by atoms with Gasteiger partial charge in [0.1, 0.15) is 0 Å². The molecule has 0 N–H and O–H groups in total. The Morgan fingerprint density at radius 2 is 0.812 bits per heavy atom. The van der Waals surface area contributed by atoms with Crippen molar-refractivity contribution in [3.63, 3.8) is 0 Å². The molecule has 222 valence electrons. The summed E-state index contributed by atoms with van der Waals surface area (Å²) in [6.07, 6.45) is 0. The molecule has 0 aliphatic heterocycles. The predicted molar refractivity (Wildman–Crippen MR) is 205 cm³/mol. The molecule has 0 spiro atoms. The third kappa shape index (κ3) is 4.10. The van der Waals surface area contributed by atoms with E-state index in [-0.39, 0.29) is 0 Å². The fourth-order valence-electron chi connectivity index (χ4n) is 7.99. The average molecular weight is 607 g/mol. The first kappa shape index (κ1) is 26.9. The van der Waals surface area contributed by atoms with Crippen molar-refractivity contribution in [2.45, 2.75) is 0 Å². The molecule has 0 aromatic heterocycles. The Labute approximate surface area is 280 Å². The molecule has 1 aliphatic rings. The molecule has 9 aromatic rings. The highest BCUT2D eigenvalue weighted by Crippen LogP contribution is 2.58. The lowest BCUT2D eigenvalue weighted by atomic mass is 9.82. The van der Waals surface area contributed by atoms with E-state index in [0.29, 0.717) is 0 Å². The predicted octanol–water partition coefficient (Wildman–Crippen LogP) is 13.5. The van der Waals surface area contributed by atoms with Crippen LogP contribution in [0.4, 0.5) is 0 Å². The minimum Gasteiger partial charge on any atom is -0.0622 e. The molecule has 0 radical (unpaired) electrons. The summed E-state index contributed by atoms with van der Waals surface area (Å²) in [6, 6.07) is 67.0. The lowest BCUT2D eigenvalue weighted by molar-refractivity contribution is 1.56. The maximum absolute atomic E-state index is 2.45. The van der Waals surface area contributed by atoms with E-state index < -0.39 is 0 Å². The molecule has 0 saturated carbocycles. The molecule has 1 aliphatic carbocycles. The van der Waals surface area contributed by atoms with Crippen LogP contribution in [0.2, 0.25) is 0 Å². The van der Waals surface area contributed by atoms with Crippen LogP contribution in [0.15, 0.2) is 182 Å². The standard InChI is InChI=1S/C48H30/c1-3-13-33(14-4-1)43-30-42(34-25-22-32(23-26-34)37-27-24-31-12-7-8-17-36(31)28-37)45(35-15-5-2-6-16-35)48-44-29-38-18-9-10-19-39(38)40-20-11-21-41(46(40)44)47(43)48/h1-30H. The van der Waals surface area contributed by atoms with E-state index >= 15 is 0 Å². The Morgan fingerprint density at radius 3 is 1.60 bits per heavy atom. The van der Waals surface area contributed by atoms with E-state index in [1.54, 1.807) is 0 Å². The van der Waals surface area contributed by atoms with Crippen molar-refractivity contribution >= 4 is 32.3 Å². The summed E-state index contributed by atoms with van der Waals surface area (Å²) in [5.41, 5.74) is 15.2. The van der Waals surface area contributed by atoms with Crippen molar-refractivity contribution in [1.29, 1.82) is 0 Å². The Bertz CT molecular complexity index is 2680. The molecular weight excluding hydrogens is 577 g/mol. The Morgan fingerprint density at radius 1 is 0.229 bits per heavy atom. The summed E-state index contributed by atoms with van der Waals surface area (Å²) < 4.78 is 0. The van der Waals surface area contributed by atoms with Crippen LogP contribution >= 0.6 is 0 Å². The lowest BCUT2D eigenvalue weighted by Crippen LogP contribution is -1.94. The SMILES string of the molecule is c1ccc(-c2cc(-c3ccc(-c4ccc5ccccc5c4)cc3)c(-c3ccccc3)c3c2-c2cccc4c2c-3cc2ccccc24)cc1. The average Bonchev–Trinajstić information content (AvgIpc) is 3.49. The molecule has 0 amide bonds. The third-order valence-electron chi connectivity index (χ3n) is 10.2. The summed E-state index contributed by atoms with van der Waals surface area (Å²) >= 11 is 0. The molecule has 0 bridgehead atoms. The highest BCUT2D eigenvalue weighted by atomic mass is 14.3. The van der Waals surface area contributed by atoms with Crippen LogP contribution in [0.3, 0.4) is 0 Å². The van der Waals surface area contributed by atoms with Crippen LogP contribution in [0, 0.1) is 0 Å². The van der Waals surface area contributed by atoms with Crippen molar-refractivity contribution in [2.75, 3.05) is 0 Å². The number of rotatable bonds is 4. The van der Waals surface area contributed by atoms with E-state index in [4.69, 9.17) is 0 Å². The van der Waals surface area contributed by atoms with Crippen LogP contribution < -0.4 is 0 Å². The summed E-state index contributed by atoms with van der Waals surface area (Å²) in [5, 5.41) is 7.77. The molecule has 0 unspecified atom stereocenters. The molecule has 48 heavy (non-hydrogen) atoms. The van der Waals surface area contributed by atoms with Crippen LogP contribution in [-0.2, 0) is 0 Å². The zero-order valence-corrected chi connectivity index (χ0v) is 26.3. The second kappa shape index (κ2) is 10.7. The minimum atomic E-state index is 1.21. The smallest absolute Gasteiger partial charge is 0.000741 e. The van der Waals surface area contributed by atoms with E-state index in [9.17, 15) is 0 Å². The van der Waals surface area contributed by atoms with Gasteiger partial charge in [0.05, 0.1) is 0 Å². The normalized spacial score (nSPS) is 11.8. The summed E-state index contributed by atoms with van der Waals surface area (Å²) in [5.74, 6) is 0. The maximum atomic E-state index is 2.45. The monoisotopic (exact) mass is 606 g/mol. The fraction of sp³-hybridized carbons (Fsp3) is 0. The Kier molecular flexibility index (Phi) is 5.98. The first-order chi connectivity index (χ1) is 23.8. The van der Waals surface area contributed by atoms with Gasteiger partial charge in [0.2, 0.25) is 0 Å². The third-order valence-corrected chi connectivity index (χ3v) is 10.2. The molecule has 0 atom stereocenters. The van der Waals surface area contributed by atoms with Crippen LogP contribution in [-0.4, -0.2) is 0 Å². The van der Waals surface area contributed by atoms with Gasteiger partial charge in [0.15, 0.2) is 0 Å². The second-order valence-electron chi connectivity index (χ2n) is 12.8. The first-order valence-corrected chi connectivity index (χ1v) is 16.7. The zero-order valence-electron chi connectivity index (χ0n) is 26.3. The van der Waals surface area contributed by atoms with Crippen molar-refractivity contribution in [3.8, 4) is 66.8 Å². The summed E-state index contributed by atoms with van der Waals surface area (Å²) in [7, 11) is 0. The van der Waals surface area contributed by atoms with E-state index in [1.165, 1.54) is 99.1 Å². The zero-order chi connectivity index (χ0) is 31.6. The van der Waals surface area contributed by atoms with Gasteiger partial charge in [0.25, 0.3) is 0 Å². The summed E-state index contributed by atoms with van der Waals surface area (Å²) in [4.78, 5) is 0. The van der Waals surface area contributed by atoms with Crippen molar-refractivity contribution in [1.82, 2.24) is 0 Å². The lowest BCUT2D eigenvalue weighted by Gasteiger charge is -2.21. The molecule has 10 rings (SSSR count). The van der Waals surface area contributed by atoms with Crippen molar-refractivity contribution in [2.24, 2.45) is 0 Å². The Hall–Kier alpha value is -6.24. The van der Waals surface area contributed by atoms with Gasteiger partial charge in [-0.25, -0.2) is 0 Å².